The molecule has 1 aromatic heterocycles. The molecular weight excluding hydrogens is 302 g/mol. The summed E-state index contributed by atoms with van der Waals surface area (Å²) in [5.74, 6) is 1.53. The second-order valence-corrected chi connectivity index (χ2v) is 6.21. The summed E-state index contributed by atoms with van der Waals surface area (Å²) in [6, 6.07) is 7.73. The van der Waals surface area contributed by atoms with Crippen molar-refractivity contribution in [2.45, 2.75) is 46.1 Å². The van der Waals surface area contributed by atoms with Crippen molar-refractivity contribution in [2.75, 3.05) is 0 Å². The maximum Gasteiger partial charge on any atom is 0.195 e. The van der Waals surface area contributed by atoms with Gasteiger partial charge in [0.25, 0.3) is 0 Å². The molecule has 0 aliphatic carbocycles. The third-order valence-corrected chi connectivity index (χ3v) is 4.41. The molecule has 5 heteroatoms. The maximum absolute atomic E-state index is 5.95. The van der Waals surface area contributed by atoms with Gasteiger partial charge in [-0.05, 0) is 48.8 Å². The number of benzene rings is 1. The van der Waals surface area contributed by atoms with Crippen LogP contribution in [0.4, 0.5) is 0 Å². The van der Waals surface area contributed by atoms with Crippen molar-refractivity contribution in [3.8, 4) is 11.4 Å². The molecule has 1 atom stereocenters. The molecule has 2 rings (SSSR count). The molecular formula is C16H22ClN3S. The fourth-order valence-corrected chi connectivity index (χ4v) is 2.81. The van der Waals surface area contributed by atoms with Crippen LogP contribution < -0.4 is 0 Å². The summed E-state index contributed by atoms with van der Waals surface area (Å²) in [6.07, 6.45) is 4.89. The quantitative estimate of drug-likeness (QED) is 0.685. The summed E-state index contributed by atoms with van der Waals surface area (Å²) in [5, 5.41) is 8.04. The molecule has 0 saturated heterocycles. The minimum atomic E-state index is 0.639. The summed E-state index contributed by atoms with van der Waals surface area (Å²) in [7, 11) is 0. The molecule has 0 spiro atoms. The number of hydrogen-bond donors (Lipinski definition) is 1. The van der Waals surface area contributed by atoms with E-state index >= 15 is 0 Å². The van der Waals surface area contributed by atoms with E-state index in [0.29, 0.717) is 10.7 Å². The van der Waals surface area contributed by atoms with Crippen LogP contribution in [0.3, 0.4) is 0 Å². The molecule has 21 heavy (non-hydrogen) atoms. The van der Waals surface area contributed by atoms with Gasteiger partial charge in [0.1, 0.15) is 0 Å². The average Bonchev–Trinajstić information content (AvgIpc) is 2.85. The number of aromatic amines is 1. The molecule has 1 heterocycles. The Bertz CT molecular complexity index is 615. The number of unbranched alkanes of at least 4 members (excludes halogenated alkanes) is 1. The van der Waals surface area contributed by atoms with E-state index in [4.69, 9.17) is 23.8 Å². The Kier molecular flexibility index (Phi) is 6.00. The molecule has 2 aromatic rings. The lowest BCUT2D eigenvalue weighted by Crippen LogP contribution is -2.11. The number of aromatic nitrogens is 3. The van der Waals surface area contributed by atoms with Crippen molar-refractivity contribution < 1.29 is 0 Å². The summed E-state index contributed by atoms with van der Waals surface area (Å²) in [6.45, 7) is 5.39. The van der Waals surface area contributed by atoms with E-state index in [1.54, 1.807) is 0 Å². The highest BCUT2D eigenvalue weighted by molar-refractivity contribution is 7.71. The van der Waals surface area contributed by atoms with E-state index in [2.05, 4.69) is 28.6 Å². The molecule has 0 fully saturated rings. The van der Waals surface area contributed by atoms with Gasteiger partial charge in [0.05, 0.1) is 0 Å². The molecule has 0 bridgehead atoms. The standard InChI is InChI=1S/C16H22ClN3S/c1-3-5-6-12(4-2)11-20-15(18-19-16(20)21)13-7-9-14(17)10-8-13/h7-10,12H,3-6,11H2,1-2H3,(H,19,21)/t12-/m1/s1. The first kappa shape index (κ1) is 16.2. The second kappa shape index (κ2) is 7.76. The molecule has 1 N–H and O–H groups in total. The molecule has 1 aromatic carbocycles. The van der Waals surface area contributed by atoms with E-state index in [9.17, 15) is 0 Å². The first-order valence-electron chi connectivity index (χ1n) is 7.56. The minimum Gasteiger partial charge on any atom is -0.300 e. The average molecular weight is 324 g/mol. The van der Waals surface area contributed by atoms with Crippen LogP contribution in [0.2, 0.25) is 5.02 Å². The normalized spacial score (nSPS) is 12.5. The van der Waals surface area contributed by atoms with Crippen LogP contribution in [0, 0.1) is 10.7 Å². The SMILES string of the molecule is CCCC[C@@H](CC)Cn1c(-c2ccc(Cl)cc2)n[nH]c1=S. The third kappa shape index (κ3) is 4.17. The zero-order valence-electron chi connectivity index (χ0n) is 12.6. The molecule has 3 nitrogen and oxygen atoms in total. The van der Waals surface area contributed by atoms with Crippen molar-refractivity contribution in [3.63, 3.8) is 0 Å². The topological polar surface area (TPSA) is 33.6 Å². The summed E-state index contributed by atoms with van der Waals surface area (Å²) < 4.78 is 2.80. The Hall–Kier alpha value is -1.13. The largest absolute Gasteiger partial charge is 0.300 e. The van der Waals surface area contributed by atoms with Gasteiger partial charge in [0.2, 0.25) is 0 Å². The van der Waals surface area contributed by atoms with E-state index in [0.717, 1.165) is 29.4 Å². The van der Waals surface area contributed by atoms with Gasteiger partial charge in [-0.15, -0.1) is 0 Å². The first-order chi connectivity index (χ1) is 10.2. The highest BCUT2D eigenvalue weighted by atomic mass is 35.5. The number of nitrogens with one attached hydrogen (secondary N) is 1. The Balaban J connectivity index is 2.25. The smallest absolute Gasteiger partial charge is 0.195 e. The Morgan fingerprint density at radius 2 is 2.00 bits per heavy atom. The minimum absolute atomic E-state index is 0.639. The third-order valence-electron chi connectivity index (χ3n) is 3.84. The number of hydrogen-bond acceptors (Lipinski definition) is 2. The molecule has 0 aliphatic rings. The molecule has 0 aliphatic heterocycles. The summed E-state index contributed by atoms with van der Waals surface area (Å²) in [4.78, 5) is 0. The lowest BCUT2D eigenvalue weighted by molar-refractivity contribution is 0.390. The van der Waals surface area contributed by atoms with E-state index in [1.807, 2.05) is 24.3 Å². The first-order valence-corrected chi connectivity index (χ1v) is 8.35. The van der Waals surface area contributed by atoms with Crippen LogP contribution in [0.1, 0.15) is 39.5 Å². The zero-order valence-corrected chi connectivity index (χ0v) is 14.2. The van der Waals surface area contributed by atoms with Gasteiger partial charge in [-0.1, -0.05) is 44.7 Å². The van der Waals surface area contributed by atoms with Crippen LogP contribution in [0.5, 0.6) is 0 Å². The van der Waals surface area contributed by atoms with Gasteiger partial charge >= 0.3 is 0 Å². The van der Waals surface area contributed by atoms with Crippen molar-refractivity contribution in [3.05, 3.63) is 34.1 Å². The van der Waals surface area contributed by atoms with Crippen LogP contribution >= 0.6 is 23.8 Å². The number of halogens is 1. The fourth-order valence-electron chi connectivity index (χ4n) is 2.48. The Morgan fingerprint density at radius 1 is 1.29 bits per heavy atom. The van der Waals surface area contributed by atoms with Crippen LogP contribution in [0.25, 0.3) is 11.4 Å². The highest BCUT2D eigenvalue weighted by Gasteiger charge is 2.13. The molecule has 114 valence electrons. The van der Waals surface area contributed by atoms with Gasteiger partial charge < -0.3 is 0 Å². The van der Waals surface area contributed by atoms with Gasteiger partial charge in [0.15, 0.2) is 10.6 Å². The second-order valence-electron chi connectivity index (χ2n) is 5.39. The molecule has 0 saturated carbocycles. The summed E-state index contributed by atoms with van der Waals surface area (Å²) in [5.41, 5.74) is 1.04. The Morgan fingerprint density at radius 3 is 2.62 bits per heavy atom. The van der Waals surface area contributed by atoms with Crippen LogP contribution in [-0.2, 0) is 6.54 Å². The van der Waals surface area contributed by atoms with Gasteiger partial charge in [0, 0.05) is 17.1 Å². The molecule has 0 radical (unpaired) electrons. The van der Waals surface area contributed by atoms with Crippen molar-refractivity contribution in [2.24, 2.45) is 5.92 Å². The number of nitrogens with zero attached hydrogens (tertiary/aromatic N) is 2. The predicted molar refractivity (Wildman–Crippen MR) is 91.2 cm³/mol. The highest BCUT2D eigenvalue weighted by Crippen LogP contribution is 2.23. The lowest BCUT2D eigenvalue weighted by atomic mass is 9.99. The van der Waals surface area contributed by atoms with Crippen molar-refractivity contribution in [1.29, 1.82) is 0 Å². The maximum atomic E-state index is 5.95. The lowest BCUT2D eigenvalue weighted by Gasteiger charge is -2.16. The van der Waals surface area contributed by atoms with Crippen LogP contribution in [-0.4, -0.2) is 14.8 Å². The Labute approximate surface area is 136 Å². The summed E-state index contributed by atoms with van der Waals surface area (Å²) >= 11 is 11.3. The monoisotopic (exact) mass is 323 g/mol. The van der Waals surface area contributed by atoms with Crippen LogP contribution in [0.15, 0.2) is 24.3 Å². The van der Waals surface area contributed by atoms with Crippen molar-refractivity contribution >= 4 is 23.8 Å². The van der Waals surface area contributed by atoms with E-state index < -0.39 is 0 Å². The predicted octanol–water partition coefficient (Wildman–Crippen LogP) is 5.48. The number of rotatable bonds is 7. The van der Waals surface area contributed by atoms with Gasteiger partial charge in [-0.25, -0.2) is 0 Å². The molecule has 0 unspecified atom stereocenters. The van der Waals surface area contributed by atoms with Gasteiger partial charge in [-0.2, -0.15) is 5.10 Å². The number of H-pyrrole nitrogens is 1. The van der Waals surface area contributed by atoms with E-state index in [1.165, 1.54) is 19.3 Å². The van der Waals surface area contributed by atoms with Gasteiger partial charge in [-0.3, -0.25) is 9.67 Å². The molecule has 0 amide bonds. The fraction of sp³-hybridized carbons (Fsp3) is 0.500. The zero-order chi connectivity index (χ0) is 15.2. The van der Waals surface area contributed by atoms with Crippen molar-refractivity contribution in [1.82, 2.24) is 14.8 Å². The van der Waals surface area contributed by atoms with E-state index in [-0.39, 0.29) is 0 Å².